The van der Waals surface area contributed by atoms with Crippen LogP contribution < -0.4 is 5.32 Å². The highest BCUT2D eigenvalue weighted by Gasteiger charge is 2.34. The number of aryl methyl sites for hydroxylation is 1. The van der Waals surface area contributed by atoms with E-state index in [1.807, 2.05) is 7.05 Å². The molecule has 20 heavy (non-hydrogen) atoms. The maximum Gasteiger partial charge on any atom is 0.339 e. The topological polar surface area (TPSA) is 70.4 Å². The number of carboxylic acids is 1. The molecule has 6 nitrogen and oxygen atoms in total. The molecule has 0 aliphatic carbocycles. The first-order chi connectivity index (χ1) is 9.66. The van der Waals surface area contributed by atoms with Crippen LogP contribution in [0.2, 0.25) is 0 Å². The second kappa shape index (κ2) is 5.54. The third-order valence-electron chi connectivity index (χ3n) is 4.62. The molecule has 2 fully saturated rings. The Balaban J connectivity index is 1.76. The molecule has 2 unspecified atom stereocenters. The molecule has 2 N–H and O–H groups in total. The van der Waals surface area contributed by atoms with Gasteiger partial charge in [-0.1, -0.05) is 0 Å². The highest BCUT2D eigenvalue weighted by molar-refractivity contribution is 5.88. The van der Waals surface area contributed by atoms with E-state index in [0.29, 0.717) is 24.2 Å². The van der Waals surface area contributed by atoms with Crippen molar-refractivity contribution < 1.29 is 9.90 Å². The van der Waals surface area contributed by atoms with Crippen LogP contribution in [-0.2, 0) is 13.6 Å². The Morgan fingerprint density at radius 2 is 2.35 bits per heavy atom. The first-order valence-corrected chi connectivity index (χ1v) is 7.38. The Kier molecular flexibility index (Phi) is 3.76. The Morgan fingerprint density at radius 3 is 3.05 bits per heavy atom. The van der Waals surface area contributed by atoms with Crippen molar-refractivity contribution in [2.75, 3.05) is 13.1 Å². The number of nitrogens with one attached hydrogen (secondary N) is 1. The van der Waals surface area contributed by atoms with Crippen molar-refractivity contribution in [2.45, 2.75) is 44.3 Å². The second-order valence-electron chi connectivity index (χ2n) is 5.82. The molecule has 6 heteroatoms. The molecule has 0 bridgehead atoms. The van der Waals surface area contributed by atoms with Crippen LogP contribution >= 0.6 is 0 Å². The van der Waals surface area contributed by atoms with Gasteiger partial charge in [0, 0.05) is 25.7 Å². The van der Waals surface area contributed by atoms with Gasteiger partial charge in [-0.15, -0.1) is 0 Å². The van der Waals surface area contributed by atoms with E-state index in [1.54, 1.807) is 4.68 Å². The van der Waals surface area contributed by atoms with Gasteiger partial charge >= 0.3 is 5.97 Å². The summed E-state index contributed by atoms with van der Waals surface area (Å²) in [6.07, 6.45) is 6.34. The number of rotatable bonds is 4. The lowest BCUT2D eigenvalue weighted by Gasteiger charge is -2.29. The van der Waals surface area contributed by atoms with Gasteiger partial charge in [0.05, 0.1) is 11.9 Å². The third kappa shape index (κ3) is 2.45. The van der Waals surface area contributed by atoms with Crippen LogP contribution in [0.3, 0.4) is 0 Å². The summed E-state index contributed by atoms with van der Waals surface area (Å²) in [7, 11) is 1.82. The van der Waals surface area contributed by atoms with Gasteiger partial charge in [0.15, 0.2) is 0 Å². The van der Waals surface area contributed by atoms with Crippen LogP contribution in [0.15, 0.2) is 6.20 Å². The van der Waals surface area contributed by atoms with Gasteiger partial charge in [0.25, 0.3) is 0 Å². The van der Waals surface area contributed by atoms with Crippen LogP contribution in [0.4, 0.5) is 0 Å². The molecule has 3 rings (SSSR count). The summed E-state index contributed by atoms with van der Waals surface area (Å²) in [5.74, 6) is -0.886. The lowest BCUT2D eigenvalue weighted by atomic mass is 10.0. The van der Waals surface area contributed by atoms with Crippen molar-refractivity contribution in [3.8, 4) is 0 Å². The summed E-state index contributed by atoms with van der Waals surface area (Å²) in [5, 5.41) is 16.9. The Hall–Kier alpha value is -1.40. The zero-order chi connectivity index (χ0) is 14.1. The molecule has 0 saturated carbocycles. The summed E-state index contributed by atoms with van der Waals surface area (Å²) < 4.78 is 1.70. The quantitative estimate of drug-likeness (QED) is 0.854. The minimum atomic E-state index is -0.886. The van der Waals surface area contributed by atoms with Gasteiger partial charge in [-0.3, -0.25) is 9.58 Å². The van der Waals surface area contributed by atoms with Gasteiger partial charge in [-0.25, -0.2) is 4.79 Å². The van der Waals surface area contributed by atoms with Crippen molar-refractivity contribution in [1.82, 2.24) is 20.0 Å². The number of aromatic carboxylic acids is 1. The average Bonchev–Trinajstić information content (AvgIpc) is 3.11. The zero-order valence-corrected chi connectivity index (χ0v) is 11.9. The Morgan fingerprint density at radius 1 is 1.50 bits per heavy atom. The number of aromatic nitrogens is 2. The standard InChI is InChI=1S/C14H22N4O2/c1-17-13(10(8-16-17)14(19)20)9-18-7-3-5-12(18)11-4-2-6-15-11/h8,11-12,15H,2-7,9H2,1H3,(H,19,20). The Labute approximate surface area is 118 Å². The summed E-state index contributed by atoms with van der Waals surface area (Å²) in [5.41, 5.74) is 1.14. The fourth-order valence-corrected chi connectivity index (χ4v) is 3.57. The van der Waals surface area contributed by atoms with E-state index in [9.17, 15) is 9.90 Å². The van der Waals surface area contributed by atoms with E-state index in [1.165, 1.54) is 31.9 Å². The van der Waals surface area contributed by atoms with Crippen LogP contribution in [0, 0.1) is 0 Å². The zero-order valence-electron chi connectivity index (χ0n) is 11.9. The van der Waals surface area contributed by atoms with Gasteiger partial charge in [0.2, 0.25) is 0 Å². The van der Waals surface area contributed by atoms with Crippen molar-refractivity contribution in [2.24, 2.45) is 7.05 Å². The molecule has 1 aromatic rings. The summed E-state index contributed by atoms with van der Waals surface area (Å²) in [4.78, 5) is 13.7. The molecule has 0 amide bonds. The lowest BCUT2D eigenvalue weighted by Crippen LogP contribution is -2.43. The van der Waals surface area contributed by atoms with E-state index >= 15 is 0 Å². The van der Waals surface area contributed by atoms with Gasteiger partial charge in [-0.05, 0) is 38.8 Å². The van der Waals surface area contributed by atoms with Crippen molar-refractivity contribution in [3.05, 3.63) is 17.5 Å². The molecular formula is C14H22N4O2. The maximum atomic E-state index is 11.3. The number of hydrogen-bond donors (Lipinski definition) is 2. The first-order valence-electron chi connectivity index (χ1n) is 7.38. The lowest BCUT2D eigenvalue weighted by molar-refractivity contribution is 0.0693. The molecule has 110 valence electrons. The largest absolute Gasteiger partial charge is 0.478 e. The molecule has 2 aliphatic heterocycles. The third-order valence-corrected chi connectivity index (χ3v) is 4.62. The molecule has 3 heterocycles. The Bertz CT molecular complexity index is 493. The summed E-state index contributed by atoms with van der Waals surface area (Å²) in [6.45, 7) is 2.84. The van der Waals surface area contributed by atoms with Crippen LogP contribution in [0.25, 0.3) is 0 Å². The van der Waals surface area contributed by atoms with E-state index in [0.717, 1.165) is 18.8 Å². The molecule has 1 aromatic heterocycles. The predicted octanol–water partition coefficient (Wildman–Crippen LogP) is 0.835. The van der Waals surface area contributed by atoms with Crippen LogP contribution in [0.1, 0.15) is 41.7 Å². The van der Waals surface area contributed by atoms with Gasteiger partial charge in [-0.2, -0.15) is 5.10 Å². The summed E-state index contributed by atoms with van der Waals surface area (Å²) in [6, 6.07) is 1.10. The molecule has 2 atom stereocenters. The monoisotopic (exact) mass is 278 g/mol. The molecular weight excluding hydrogens is 256 g/mol. The molecule has 0 radical (unpaired) electrons. The smallest absolute Gasteiger partial charge is 0.339 e. The molecule has 2 saturated heterocycles. The highest BCUT2D eigenvalue weighted by Crippen LogP contribution is 2.27. The fraction of sp³-hybridized carbons (Fsp3) is 0.714. The van der Waals surface area contributed by atoms with Gasteiger partial charge < -0.3 is 10.4 Å². The number of carboxylic acid groups (broad SMARTS) is 1. The van der Waals surface area contributed by atoms with Gasteiger partial charge in [0.1, 0.15) is 5.56 Å². The van der Waals surface area contributed by atoms with Crippen molar-refractivity contribution in [3.63, 3.8) is 0 Å². The van der Waals surface area contributed by atoms with Crippen LogP contribution in [-0.4, -0.2) is 50.9 Å². The molecule has 2 aliphatic rings. The molecule has 0 spiro atoms. The minimum Gasteiger partial charge on any atom is -0.478 e. The SMILES string of the molecule is Cn1ncc(C(=O)O)c1CN1CCCC1C1CCCN1. The number of hydrogen-bond acceptors (Lipinski definition) is 4. The molecule has 0 aromatic carbocycles. The number of nitrogens with zero attached hydrogens (tertiary/aromatic N) is 3. The first kappa shape index (κ1) is 13.6. The van der Waals surface area contributed by atoms with E-state index < -0.39 is 5.97 Å². The maximum absolute atomic E-state index is 11.3. The highest BCUT2D eigenvalue weighted by atomic mass is 16.4. The summed E-state index contributed by atoms with van der Waals surface area (Å²) >= 11 is 0. The van der Waals surface area contributed by atoms with E-state index in [-0.39, 0.29) is 0 Å². The van der Waals surface area contributed by atoms with Crippen LogP contribution in [0.5, 0.6) is 0 Å². The number of carbonyl (C=O) groups is 1. The average molecular weight is 278 g/mol. The number of likely N-dealkylation sites (tertiary alicyclic amines) is 1. The predicted molar refractivity (Wildman–Crippen MR) is 74.6 cm³/mol. The van der Waals surface area contributed by atoms with E-state index in [4.69, 9.17) is 0 Å². The minimum absolute atomic E-state index is 0.331. The second-order valence-corrected chi connectivity index (χ2v) is 5.82. The fourth-order valence-electron chi connectivity index (χ4n) is 3.57. The van der Waals surface area contributed by atoms with Crippen molar-refractivity contribution >= 4 is 5.97 Å². The van der Waals surface area contributed by atoms with Crippen molar-refractivity contribution in [1.29, 1.82) is 0 Å². The normalized spacial score (nSPS) is 27.2. The van der Waals surface area contributed by atoms with E-state index in [2.05, 4.69) is 15.3 Å².